The van der Waals surface area contributed by atoms with Crippen molar-refractivity contribution in [1.29, 1.82) is 0 Å². The van der Waals surface area contributed by atoms with Gasteiger partial charge in [0.2, 0.25) is 5.89 Å². The Morgan fingerprint density at radius 2 is 1.86 bits per heavy atom. The van der Waals surface area contributed by atoms with Gasteiger partial charge in [-0.05, 0) is 38.1 Å². The quantitative estimate of drug-likeness (QED) is 0.582. The fourth-order valence-electron chi connectivity index (χ4n) is 3.21. The molecular formula is C20H29FN6O. The van der Waals surface area contributed by atoms with Crippen molar-refractivity contribution < 1.29 is 8.81 Å². The number of aromatic nitrogens is 1. The van der Waals surface area contributed by atoms with E-state index in [4.69, 9.17) is 4.42 Å². The van der Waals surface area contributed by atoms with Crippen LogP contribution in [0.1, 0.15) is 17.3 Å². The number of piperazine rings is 1. The Kier molecular flexibility index (Phi) is 6.86. The van der Waals surface area contributed by atoms with Crippen molar-refractivity contribution in [2.24, 2.45) is 4.99 Å². The summed E-state index contributed by atoms with van der Waals surface area (Å²) in [4.78, 5) is 13.3. The highest BCUT2D eigenvalue weighted by molar-refractivity contribution is 5.79. The number of nitrogens with one attached hydrogen (secondary N) is 2. The second-order valence-corrected chi connectivity index (χ2v) is 6.91. The Labute approximate surface area is 165 Å². The van der Waals surface area contributed by atoms with Crippen LogP contribution in [0, 0.1) is 19.7 Å². The lowest BCUT2D eigenvalue weighted by atomic mass is 10.2. The van der Waals surface area contributed by atoms with E-state index < -0.39 is 0 Å². The lowest BCUT2D eigenvalue weighted by Crippen LogP contribution is -2.49. The fourth-order valence-corrected chi connectivity index (χ4v) is 3.21. The van der Waals surface area contributed by atoms with Crippen molar-refractivity contribution in [2.75, 3.05) is 51.2 Å². The van der Waals surface area contributed by atoms with Crippen LogP contribution >= 0.6 is 0 Å². The summed E-state index contributed by atoms with van der Waals surface area (Å²) in [6.07, 6.45) is 0. The summed E-state index contributed by atoms with van der Waals surface area (Å²) in [5.41, 5.74) is 2.00. The molecule has 1 aromatic heterocycles. The van der Waals surface area contributed by atoms with E-state index >= 15 is 0 Å². The molecule has 0 atom stereocenters. The zero-order valence-electron chi connectivity index (χ0n) is 16.8. The number of nitrogens with zero attached hydrogens (tertiary/aromatic N) is 4. The van der Waals surface area contributed by atoms with E-state index in [0.717, 1.165) is 62.4 Å². The highest BCUT2D eigenvalue weighted by Gasteiger charge is 2.17. The molecule has 0 radical (unpaired) electrons. The van der Waals surface area contributed by atoms with Crippen LogP contribution in [0.25, 0.3) is 0 Å². The Morgan fingerprint density at radius 1 is 1.14 bits per heavy atom. The number of halogens is 1. The van der Waals surface area contributed by atoms with Crippen LogP contribution in [0.5, 0.6) is 0 Å². The molecule has 1 aliphatic heterocycles. The van der Waals surface area contributed by atoms with E-state index in [2.05, 4.69) is 30.4 Å². The Hall–Kier alpha value is -2.61. The number of rotatable bonds is 6. The fraction of sp³-hybridized carbons (Fsp3) is 0.500. The first-order valence-corrected chi connectivity index (χ1v) is 9.65. The summed E-state index contributed by atoms with van der Waals surface area (Å²) in [5.74, 6) is 2.05. The zero-order valence-corrected chi connectivity index (χ0v) is 16.8. The van der Waals surface area contributed by atoms with Gasteiger partial charge in [-0.3, -0.25) is 9.89 Å². The molecule has 0 unspecified atom stereocenters. The second kappa shape index (κ2) is 9.54. The largest absolute Gasteiger partial charge is 0.444 e. The molecule has 2 heterocycles. The monoisotopic (exact) mass is 388 g/mol. The third-order valence-corrected chi connectivity index (χ3v) is 4.99. The molecule has 1 aliphatic rings. The number of guanidine groups is 1. The van der Waals surface area contributed by atoms with Gasteiger partial charge in [0.15, 0.2) is 5.96 Å². The van der Waals surface area contributed by atoms with Crippen molar-refractivity contribution in [2.45, 2.75) is 20.4 Å². The standard InChI is InChI=1S/C20H29FN6O/c1-15-16(2)28-19(25-15)14-24-20(22-3)23-8-9-26-10-12-27(13-11-26)18-6-4-17(21)5-7-18/h4-7H,8-14H2,1-3H3,(H2,22,23,24). The normalized spacial score (nSPS) is 15.7. The smallest absolute Gasteiger partial charge is 0.214 e. The van der Waals surface area contributed by atoms with Crippen molar-refractivity contribution in [3.63, 3.8) is 0 Å². The minimum absolute atomic E-state index is 0.191. The third kappa shape index (κ3) is 5.45. The summed E-state index contributed by atoms with van der Waals surface area (Å²) in [5, 5.41) is 6.55. The average molecular weight is 388 g/mol. The molecule has 1 saturated heterocycles. The molecule has 0 saturated carbocycles. The number of benzene rings is 1. The van der Waals surface area contributed by atoms with Crippen molar-refractivity contribution in [3.8, 4) is 0 Å². The molecule has 1 fully saturated rings. The van der Waals surface area contributed by atoms with Gasteiger partial charge in [-0.1, -0.05) is 0 Å². The predicted octanol–water partition coefficient (Wildman–Crippen LogP) is 1.92. The molecule has 0 bridgehead atoms. The molecule has 1 aromatic carbocycles. The van der Waals surface area contributed by atoms with Gasteiger partial charge in [0, 0.05) is 52.0 Å². The lowest BCUT2D eigenvalue weighted by Gasteiger charge is -2.36. The van der Waals surface area contributed by atoms with Gasteiger partial charge in [-0.15, -0.1) is 0 Å². The predicted molar refractivity (Wildman–Crippen MR) is 109 cm³/mol. The molecule has 0 amide bonds. The van der Waals surface area contributed by atoms with Crippen LogP contribution in [0.2, 0.25) is 0 Å². The molecule has 152 valence electrons. The number of aliphatic imine (C=N–C) groups is 1. The van der Waals surface area contributed by atoms with Crippen LogP contribution in [0.3, 0.4) is 0 Å². The first-order valence-electron chi connectivity index (χ1n) is 9.65. The van der Waals surface area contributed by atoms with Gasteiger partial charge in [0.05, 0.1) is 12.2 Å². The maximum absolute atomic E-state index is 13.1. The van der Waals surface area contributed by atoms with Crippen LogP contribution in [-0.4, -0.2) is 62.2 Å². The van der Waals surface area contributed by atoms with E-state index in [1.165, 1.54) is 12.1 Å². The zero-order chi connectivity index (χ0) is 19.9. The number of hydrogen-bond acceptors (Lipinski definition) is 5. The first-order chi connectivity index (χ1) is 13.5. The molecule has 3 rings (SSSR count). The molecule has 7 nitrogen and oxygen atoms in total. The molecule has 2 N–H and O–H groups in total. The molecular weight excluding hydrogens is 359 g/mol. The SMILES string of the molecule is CN=C(NCCN1CCN(c2ccc(F)cc2)CC1)NCc1nc(C)c(C)o1. The van der Waals surface area contributed by atoms with Gasteiger partial charge < -0.3 is 20.0 Å². The van der Waals surface area contributed by atoms with Gasteiger partial charge in [0.25, 0.3) is 0 Å². The number of hydrogen-bond donors (Lipinski definition) is 2. The summed E-state index contributed by atoms with van der Waals surface area (Å²) < 4.78 is 18.6. The highest BCUT2D eigenvalue weighted by Crippen LogP contribution is 2.16. The van der Waals surface area contributed by atoms with Crippen LogP contribution in [0.4, 0.5) is 10.1 Å². The average Bonchev–Trinajstić information content (AvgIpc) is 3.03. The maximum Gasteiger partial charge on any atom is 0.214 e. The van der Waals surface area contributed by atoms with Crippen molar-refractivity contribution >= 4 is 11.6 Å². The maximum atomic E-state index is 13.1. The summed E-state index contributed by atoms with van der Waals surface area (Å²) >= 11 is 0. The second-order valence-electron chi connectivity index (χ2n) is 6.91. The number of aryl methyl sites for hydroxylation is 2. The Bertz CT molecular complexity index is 761. The molecule has 0 spiro atoms. The van der Waals surface area contributed by atoms with E-state index in [-0.39, 0.29) is 5.82 Å². The van der Waals surface area contributed by atoms with E-state index in [0.29, 0.717) is 12.4 Å². The first kappa shape index (κ1) is 20.1. The number of anilines is 1. The minimum Gasteiger partial charge on any atom is -0.444 e. The summed E-state index contributed by atoms with van der Waals surface area (Å²) in [7, 11) is 1.75. The molecule has 28 heavy (non-hydrogen) atoms. The van der Waals surface area contributed by atoms with Crippen LogP contribution in [0.15, 0.2) is 33.7 Å². The van der Waals surface area contributed by atoms with E-state index in [1.807, 2.05) is 26.0 Å². The van der Waals surface area contributed by atoms with Crippen LogP contribution in [-0.2, 0) is 6.54 Å². The molecule has 2 aromatic rings. The van der Waals surface area contributed by atoms with E-state index in [1.54, 1.807) is 7.05 Å². The number of oxazole rings is 1. The Morgan fingerprint density at radius 3 is 2.46 bits per heavy atom. The summed E-state index contributed by atoms with van der Waals surface area (Å²) in [6.45, 7) is 9.96. The Balaban J connectivity index is 1.36. The molecule has 0 aliphatic carbocycles. The van der Waals surface area contributed by atoms with Gasteiger partial charge in [0.1, 0.15) is 11.6 Å². The molecule has 8 heteroatoms. The summed E-state index contributed by atoms with van der Waals surface area (Å²) in [6, 6.07) is 6.73. The minimum atomic E-state index is -0.191. The van der Waals surface area contributed by atoms with Crippen LogP contribution < -0.4 is 15.5 Å². The van der Waals surface area contributed by atoms with Crippen molar-refractivity contribution in [3.05, 3.63) is 47.4 Å². The van der Waals surface area contributed by atoms with Gasteiger partial charge in [-0.25, -0.2) is 9.37 Å². The van der Waals surface area contributed by atoms with Crippen molar-refractivity contribution in [1.82, 2.24) is 20.5 Å². The lowest BCUT2D eigenvalue weighted by molar-refractivity contribution is 0.261. The van der Waals surface area contributed by atoms with Gasteiger partial charge >= 0.3 is 0 Å². The topological polar surface area (TPSA) is 68.9 Å². The van der Waals surface area contributed by atoms with E-state index in [9.17, 15) is 4.39 Å². The highest BCUT2D eigenvalue weighted by atomic mass is 19.1. The van der Waals surface area contributed by atoms with Gasteiger partial charge in [-0.2, -0.15) is 0 Å². The third-order valence-electron chi connectivity index (χ3n) is 4.99.